The fraction of sp³-hybridized carbons (Fsp3) is 0.455. The largest absolute Gasteiger partial charge is 0.325 e. The lowest BCUT2D eigenvalue weighted by atomic mass is 9.74. The van der Waals surface area contributed by atoms with Gasteiger partial charge in [-0.3, -0.25) is 0 Å². The van der Waals surface area contributed by atoms with E-state index in [1.807, 2.05) is 12.1 Å². The zero-order valence-corrected chi connectivity index (χ0v) is 10.6. The van der Waals surface area contributed by atoms with Crippen molar-refractivity contribution < 1.29 is 0 Å². The lowest BCUT2D eigenvalue weighted by Gasteiger charge is -2.38. The molecule has 1 fully saturated rings. The summed E-state index contributed by atoms with van der Waals surface area (Å²) >= 11 is 11.9. The summed E-state index contributed by atoms with van der Waals surface area (Å²) in [7, 11) is 0. The van der Waals surface area contributed by atoms with Gasteiger partial charge in [-0.1, -0.05) is 29.3 Å². The molecular formula is C11H14Cl3N. The number of rotatable bonds is 2. The molecule has 1 saturated carbocycles. The van der Waals surface area contributed by atoms with Gasteiger partial charge in [0, 0.05) is 15.6 Å². The molecule has 0 bridgehead atoms. The molecule has 0 unspecified atom stereocenters. The molecule has 0 radical (unpaired) electrons. The standard InChI is InChI=1S/C11H13Cl2N.ClH/c12-9-3-2-8(10(13)6-9)7-11(14)4-1-5-11;/h2-3,6H,1,4-5,7,14H2;1H. The molecule has 0 aliphatic heterocycles. The topological polar surface area (TPSA) is 26.0 Å². The summed E-state index contributed by atoms with van der Waals surface area (Å²) in [5.74, 6) is 0. The van der Waals surface area contributed by atoms with Gasteiger partial charge in [0.1, 0.15) is 0 Å². The van der Waals surface area contributed by atoms with Crippen LogP contribution in [0.2, 0.25) is 10.0 Å². The van der Waals surface area contributed by atoms with E-state index in [9.17, 15) is 0 Å². The first kappa shape index (κ1) is 13.1. The van der Waals surface area contributed by atoms with Crippen molar-refractivity contribution in [3.63, 3.8) is 0 Å². The van der Waals surface area contributed by atoms with Crippen LogP contribution in [0.5, 0.6) is 0 Å². The maximum absolute atomic E-state index is 6.15. The van der Waals surface area contributed by atoms with Gasteiger partial charge < -0.3 is 5.73 Å². The summed E-state index contributed by atoms with van der Waals surface area (Å²) < 4.78 is 0. The average Bonchev–Trinajstić information content (AvgIpc) is 2.07. The highest BCUT2D eigenvalue weighted by Crippen LogP contribution is 2.34. The summed E-state index contributed by atoms with van der Waals surface area (Å²) in [6, 6.07) is 5.61. The Morgan fingerprint density at radius 3 is 2.40 bits per heavy atom. The third kappa shape index (κ3) is 3.01. The van der Waals surface area contributed by atoms with Crippen molar-refractivity contribution in [3.05, 3.63) is 33.8 Å². The van der Waals surface area contributed by atoms with Crippen LogP contribution in [-0.4, -0.2) is 5.54 Å². The Morgan fingerprint density at radius 2 is 1.93 bits per heavy atom. The quantitative estimate of drug-likeness (QED) is 0.865. The summed E-state index contributed by atoms with van der Waals surface area (Å²) in [5.41, 5.74) is 7.24. The van der Waals surface area contributed by atoms with Crippen molar-refractivity contribution >= 4 is 35.6 Å². The summed E-state index contributed by atoms with van der Waals surface area (Å²) in [6.07, 6.45) is 4.31. The molecule has 2 N–H and O–H groups in total. The number of hydrogen-bond donors (Lipinski definition) is 1. The minimum absolute atomic E-state index is 0. The molecule has 15 heavy (non-hydrogen) atoms. The van der Waals surface area contributed by atoms with Crippen LogP contribution in [-0.2, 0) is 6.42 Å². The van der Waals surface area contributed by atoms with Crippen LogP contribution in [0.3, 0.4) is 0 Å². The molecule has 1 aliphatic rings. The van der Waals surface area contributed by atoms with Crippen LogP contribution in [0.15, 0.2) is 18.2 Å². The second-order valence-electron chi connectivity index (χ2n) is 4.13. The maximum Gasteiger partial charge on any atom is 0.0453 e. The first-order chi connectivity index (χ1) is 6.59. The highest BCUT2D eigenvalue weighted by Gasteiger charge is 2.32. The molecule has 0 saturated heterocycles. The maximum atomic E-state index is 6.15. The van der Waals surface area contributed by atoms with E-state index in [-0.39, 0.29) is 17.9 Å². The third-order valence-corrected chi connectivity index (χ3v) is 3.49. The Bertz CT molecular complexity index is 348. The average molecular weight is 267 g/mol. The highest BCUT2D eigenvalue weighted by atomic mass is 35.5. The third-order valence-electron chi connectivity index (χ3n) is 2.91. The van der Waals surface area contributed by atoms with Crippen LogP contribution in [0, 0.1) is 0 Å². The van der Waals surface area contributed by atoms with Gasteiger partial charge in [-0.15, -0.1) is 12.4 Å². The number of hydrogen-bond acceptors (Lipinski definition) is 1. The molecule has 1 aliphatic carbocycles. The molecular weight excluding hydrogens is 252 g/mol. The molecule has 0 heterocycles. The van der Waals surface area contributed by atoms with E-state index in [4.69, 9.17) is 28.9 Å². The van der Waals surface area contributed by atoms with Gasteiger partial charge in [-0.05, 0) is 43.4 Å². The Kier molecular flexibility index (Phi) is 4.30. The minimum Gasteiger partial charge on any atom is -0.325 e. The highest BCUT2D eigenvalue weighted by molar-refractivity contribution is 6.35. The van der Waals surface area contributed by atoms with Crippen molar-refractivity contribution in [2.75, 3.05) is 0 Å². The number of halogens is 3. The van der Waals surface area contributed by atoms with Gasteiger partial charge in [-0.25, -0.2) is 0 Å². The van der Waals surface area contributed by atoms with E-state index >= 15 is 0 Å². The van der Waals surface area contributed by atoms with Crippen LogP contribution >= 0.6 is 35.6 Å². The molecule has 4 heteroatoms. The predicted octanol–water partition coefficient (Wildman–Crippen LogP) is 3.84. The van der Waals surface area contributed by atoms with E-state index in [2.05, 4.69) is 0 Å². The first-order valence-electron chi connectivity index (χ1n) is 4.82. The van der Waals surface area contributed by atoms with Crippen molar-refractivity contribution in [2.24, 2.45) is 5.73 Å². The lowest BCUT2D eigenvalue weighted by Crippen LogP contribution is -2.48. The van der Waals surface area contributed by atoms with Crippen LogP contribution < -0.4 is 5.73 Å². The zero-order valence-electron chi connectivity index (χ0n) is 8.30. The van der Waals surface area contributed by atoms with Gasteiger partial charge >= 0.3 is 0 Å². The Hall–Kier alpha value is 0.0500. The summed E-state index contributed by atoms with van der Waals surface area (Å²) in [5, 5.41) is 1.41. The molecule has 0 amide bonds. The monoisotopic (exact) mass is 265 g/mol. The van der Waals surface area contributed by atoms with E-state index in [0.717, 1.165) is 29.8 Å². The van der Waals surface area contributed by atoms with Gasteiger partial charge in [0.05, 0.1) is 0 Å². The smallest absolute Gasteiger partial charge is 0.0453 e. The van der Waals surface area contributed by atoms with E-state index in [1.165, 1.54) is 6.42 Å². The summed E-state index contributed by atoms with van der Waals surface area (Å²) in [6.45, 7) is 0. The van der Waals surface area contributed by atoms with Crippen LogP contribution in [0.25, 0.3) is 0 Å². The van der Waals surface area contributed by atoms with Gasteiger partial charge in [0.15, 0.2) is 0 Å². The molecule has 0 atom stereocenters. The molecule has 2 rings (SSSR count). The number of nitrogens with two attached hydrogens (primary N) is 1. The zero-order chi connectivity index (χ0) is 10.2. The SMILES string of the molecule is Cl.NC1(Cc2ccc(Cl)cc2Cl)CCC1. The Balaban J connectivity index is 0.00000112. The first-order valence-corrected chi connectivity index (χ1v) is 5.57. The van der Waals surface area contributed by atoms with Gasteiger partial charge in [0.2, 0.25) is 0 Å². The van der Waals surface area contributed by atoms with Gasteiger partial charge in [-0.2, -0.15) is 0 Å². The van der Waals surface area contributed by atoms with Crippen molar-refractivity contribution in [1.82, 2.24) is 0 Å². The molecule has 84 valence electrons. The summed E-state index contributed by atoms with van der Waals surface area (Å²) in [4.78, 5) is 0. The predicted molar refractivity (Wildman–Crippen MR) is 68.2 cm³/mol. The van der Waals surface area contributed by atoms with Crippen molar-refractivity contribution in [2.45, 2.75) is 31.2 Å². The second-order valence-corrected chi connectivity index (χ2v) is 4.97. The van der Waals surface area contributed by atoms with Gasteiger partial charge in [0.25, 0.3) is 0 Å². The molecule has 0 aromatic heterocycles. The Labute approximate surface area is 106 Å². The van der Waals surface area contributed by atoms with E-state index in [1.54, 1.807) is 6.07 Å². The van der Waals surface area contributed by atoms with E-state index < -0.39 is 0 Å². The van der Waals surface area contributed by atoms with Crippen molar-refractivity contribution in [1.29, 1.82) is 0 Å². The number of benzene rings is 1. The van der Waals surface area contributed by atoms with Crippen LogP contribution in [0.4, 0.5) is 0 Å². The molecule has 1 nitrogen and oxygen atoms in total. The lowest BCUT2D eigenvalue weighted by molar-refractivity contribution is 0.247. The molecule has 1 aromatic rings. The van der Waals surface area contributed by atoms with Crippen molar-refractivity contribution in [3.8, 4) is 0 Å². The molecule has 0 spiro atoms. The molecule has 1 aromatic carbocycles. The van der Waals surface area contributed by atoms with Crippen LogP contribution in [0.1, 0.15) is 24.8 Å². The fourth-order valence-corrected chi connectivity index (χ4v) is 2.33. The Morgan fingerprint density at radius 1 is 1.27 bits per heavy atom. The minimum atomic E-state index is -0.0164. The second kappa shape index (κ2) is 4.92. The normalized spacial score (nSPS) is 17.8. The van der Waals surface area contributed by atoms with E-state index in [0.29, 0.717) is 5.02 Å². The fourth-order valence-electron chi connectivity index (χ4n) is 1.85.